The Balaban J connectivity index is 1.18. The minimum atomic E-state index is -0.785. The summed E-state index contributed by atoms with van der Waals surface area (Å²) in [4.78, 5) is 24.6. The van der Waals surface area contributed by atoms with E-state index in [4.69, 9.17) is 21.1 Å². The third-order valence-electron chi connectivity index (χ3n) is 8.00. The molecule has 0 spiro atoms. The molecule has 2 heterocycles. The van der Waals surface area contributed by atoms with Crippen molar-refractivity contribution in [2.24, 2.45) is 5.92 Å². The number of aliphatic carboxylic acids is 1. The Morgan fingerprint density at radius 1 is 1.00 bits per heavy atom. The summed E-state index contributed by atoms with van der Waals surface area (Å²) >= 11 is 6.46. The molecule has 2 N–H and O–H groups in total. The Morgan fingerprint density at radius 2 is 1.73 bits per heavy atom. The molecule has 2 aliphatic rings. The summed E-state index contributed by atoms with van der Waals surface area (Å²) in [6.45, 7) is 1.60. The Kier molecular flexibility index (Phi) is 7.69. The predicted octanol–water partition coefficient (Wildman–Crippen LogP) is 6.30. The lowest BCUT2D eigenvalue weighted by molar-refractivity contribution is -0.142. The van der Waals surface area contributed by atoms with Crippen LogP contribution < -0.4 is 10.1 Å². The lowest BCUT2D eigenvalue weighted by Gasteiger charge is -2.27. The summed E-state index contributed by atoms with van der Waals surface area (Å²) in [7, 11) is 0. The number of carboxylic acid groups (broad SMARTS) is 1. The summed E-state index contributed by atoms with van der Waals surface area (Å²) in [5, 5.41) is 13.2. The maximum absolute atomic E-state index is 14.7. The van der Waals surface area contributed by atoms with Gasteiger partial charge >= 0.3 is 5.97 Å². The van der Waals surface area contributed by atoms with Crippen LogP contribution in [0.4, 0.5) is 4.39 Å². The van der Waals surface area contributed by atoms with Crippen molar-refractivity contribution in [3.8, 4) is 16.9 Å². The van der Waals surface area contributed by atoms with Gasteiger partial charge in [0.1, 0.15) is 17.7 Å². The molecule has 1 aliphatic heterocycles. The van der Waals surface area contributed by atoms with E-state index in [2.05, 4.69) is 5.32 Å². The normalized spacial score (nSPS) is 19.1. The van der Waals surface area contributed by atoms with E-state index in [-0.39, 0.29) is 29.8 Å². The Hall–Kier alpha value is -3.88. The molecule has 0 bridgehead atoms. The molecule has 1 aliphatic carbocycles. The fourth-order valence-corrected chi connectivity index (χ4v) is 5.82. The number of carbonyl (C=O) groups is 2. The molecule has 0 radical (unpaired) electrons. The van der Waals surface area contributed by atoms with Crippen LogP contribution in [0.15, 0.2) is 66.9 Å². The Bertz CT molecular complexity index is 1590. The van der Waals surface area contributed by atoms with Gasteiger partial charge in [0, 0.05) is 24.2 Å². The van der Waals surface area contributed by atoms with Crippen molar-refractivity contribution in [3.63, 3.8) is 0 Å². The molecule has 3 aromatic carbocycles. The van der Waals surface area contributed by atoms with Gasteiger partial charge in [-0.2, -0.15) is 0 Å². The van der Waals surface area contributed by atoms with Crippen molar-refractivity contribution >= 4 is 34.4 Å². The lowest BCUT2D eigenvalue weighted by Crippen LogP contribution is -2.38. The Labute approximate surface area is 241 Å². The number of rotatable bonds is 8. The third-order valence-corrected chi connectivity index (χ3v) is 8.30. The first-order valence-electron chi connectivity index (χ1n) is 13.8. The summed E-state index contributed by atoms with van der Waals surface area (Å²) in [6, 6.07) is 18.2. The second kappa shape index (κ2) is 11.5. The molecule has 1 saturated heterocycles. The highest BCUT2D eigenvalue weighted by Crippen LogP contribution is 2.32. The van der Waals surface area contributed by atoms with Gasteiger partial charge in [-0.1, -0.05) is 41.9 Å². The molecule has 41 heavy (non-hydrogen) atoms. The molecular weight excluding hydrogens is 547 g/mol. The van der Waals surface area contributed by atoms with Gasteiger partial charge in [0.15, 0.2) is 0 Å². The fraction of sp³-hybridized carbons (Fsp3) is 0.312. The lowest BCUT2D eigenvalue weighted by atomic mass is 9.86. The van der Waals surface area contributed by atoms with Crippen LogP contribution in [0.2, 0.25) is 5.02 Å². The van der Waals surface area contributed by atoms with Crippen LogP contribution in [0, 0.1) is 11.7 Å². The number of aromatic nitrogens is 1. The summed E-state index contributed by atoms with van der Waals surface area (Å²) in [6.07, 6.45) is 4.12. The van der Waals surface area contributed by atoms with Crippen molar-refractivity contribution in [2.75, 3.05) is 13.2 Å². The van der Waals surface area contributed by atoms with Gasteiger partial charge in [-0.05, 0) is 72.7 Å². The molecule has 4 aromatic rings. The van der Waals surface area contributed by atoms with Gasteiger partial charge in [-0.15, -0.1) is 0 Å². The molecule has 2 fully saturated rings. The highest BCUT2D eigenvalue weighted by molar-refractivity contribution is 6.32. The molecule has 6 rings (SSSR count). The van der Waals surface area contributed by atoms with Crippen LogP contribution in [-0.4, -0.2) is 46.9 Å². The highest BCUT2D eigenvalue weighted by Gasteiger charge is 2.28. The van der Waals surface area contributed by atoms with E-state index in [0.29, 0.717) is 72.7 Å². The van der Waals surface area contributed by atoms with E-state index in [1.54, 1.807) is 12.3 Å². The van der Waals surface area contributed by atoms with Crippen LogP contribution in [0.1, 0.15) is 41.6 Å². The number of benzene rings is 3. The number of ether oxygens (including phenoxy) is 2. The molecular formula is C32H30ClFN2O5. The number of nitrogens with zero attached hydrogens (tertiary/aromatic N) is 1. The summed E-state index contributed by atoms with van der Waals surface area (Å²) in [5.74, 6) is -1.17. The van der Waals surface area contributed by atoms with Gasteiger partial charge in [-0.25, -0.2) is 4.39 Å². The number of amides is 1. The van der Waals surface area contributed by atoms with Crippen LogP contribution >= 0.6 is 11.6 Å². The maximum atomic E-state index is 14.7. The average molecular weight is 577 g/mol. The van der Waals surface area contributed by atoms with Crippen molar-refractivity contribution < 1.29 is 28.6 Å². The number of hydrogen-bond donors (Lipinski definition) is 2. The van der Waals surface area contributed by atoms with E-state index in [1.807, 2.05) is 47.0 Å². The number of nitrogens with one attached hydrogen (secondary N) is 1. The zero-order valence-corrected chi connectivity index (χ0v) is 23.1. The van der Waals surface area contributed by atoms with Gasteiger partial charge in [-0.3, -0.25) is 9.59 Å². The molecule has 0 unspecified atom stereocenters. The highest BCUT2D eigenvalue weighted by atomic mass is 35.5. The summed E-state index contributed by atoms with van der Waals surface area (Å²) < 4.78 is 27.6. The Morgan fingerprint density at radius 3 is 2.39 bits per heavy atom. The number of carboxylic acids is 1. The van der Waals surface area contributed by atoms with Crippen molar-refractivity contribution in [1.82, 2.24) is 9.88 Å². The van der Waals surface area contributed by atoms with Crippen molar-refractivity contribution in [1.29, 1.82) is 0 Å². The molecule has 7 nitrogen and oxygen atoms in total. The predicted molar refractivity (Wildman–Crippen MR) is 154 cm³/mol. The first-order chi connectivity index (χ1) is 19.9. The van der Waals surface area contributed by atoms with Crippen LogP contribution in [0.5, 0.6) is 5.75 Å². The maximum Gasteiger partial charge on any atom is 0.306 e. The number of hydrogen-bond acceptors (Lipinski definition) is 4. The molecule has 0 atom stereocenters. The van der Waals surface area contributed by atoms with E-state index >= 15 is 0 Å². The molecule has 212 valence electrons. The smallest absolute Gasteiger partial charge is 0.306 e. The second-order valence-corrected chi connectivity index (χ2v) is 11.2. The van der Waals surface area contributed by atoms with Crippen molar-refractivity contribution in [2.45, 2.75) is 44.4 Å². The number of carbonyl (C=O) groups excluding carboxylic acids is 1. The van der Waals surface area contributed by atoms with Gasteiger partial charge in [0.05, 0.1) is 35.2 Å². The zero-order chi connectivity index (χ0) is 28.5. The minimum absolute atomic E-state index is 0.0429. The largest absolute Gasteiger partial charge is 0.484 e. The van der Waals surface area contributed by atoms with Crippen LogP contribution in [0.3, 0.4) is 0 Å². The molecule has 1 aromatic heterocycles. The van der Waals surface area contributed by atoms with E-state index in [0.717, 1.165) is 16.7 Å². The first kappa shape index (κ1) is 27.3. The third kappa shape index (κ3) is 5.80. The average Bonchev–Trinajstić information content (AvgIpc) is 3.36. The zero-order valence-electron chi connectivity index (χ0n) is 22.3. The second-order valence-electron chi connectivity index (χ2n) is 10.8. The first-order valence-corrected chi connectivity index (χ1v) is 14.2. The van der Waals surface area contributed by atoms with Crippen LogP contribution in [0.25, 0.3) is 22.0 Å². The molecule has 1 amide bonds. The minimum Gasteiger partial charge on any atom is -0.484 e. The fourth-order valence-electron chi connectivity index (χ4n) is 5.59. The molecule has 1 saturated carbocycles. The SMILES string of the molecule is O=C(NC1CCC(C(=O)O)CC1)c1ccc(F)c2ccn(Cc3ccc(-c4ccc(OC5COC5)c(Cl)c4)cc3)c12. The molecule has 9 heteroatoms. The van der Waals surface area contributed by atoms with E-state index < -0.39 is 5.97 Å². The van der Waals surface area contributed by atoms with Gasteiger partial charge < -0.3 is 24.5 Å². The quantitative estimate of drug-likeness (QED) is 0.257. The van der Waals surface area contributed by atoms with Gasteiger partial charge in [0.25, 0.3) is 5.91 Å². The van der Waals surface area contributed by atoms with Crippen molar-refractivity contribution in [3.05, 3.63) is 88.8 Å². The number of halogens is 2. The van der Waals surface area contributed by atoms with Gasteiger partial charge in [0.2, 0.25) is 0 Å². The van der Waals surface area contributed by atoms with E-state index in [1.165, 1.54) is 12.1 Å². The van der Waals surface area contributed by atoms with Crippen LogP contribution in [-0.2, 0) is 16.1 Å². The summed E-state index contributed by atoms with van der Waals surface area (Å²) in [5.41, 5.74) is 3.88. The number of fused-ring (bicyclic) bond motifs is 1. The monoisotopic (exact) mass is 576 g/mol. The van der Waals surface area contributed by atoms with E-state index in [9.17, 15) is 19.1 Å². The topological polar surface area (TPSA) is 89.8 Å². The standard InChI is InChI=1S/C32H30ClFN2O5/c33-27-15-22(7-12-29(27)41-24-17-40-18-24)20-3-1-19(2-4-20)16-36-14-13-25-28(34)11-10-26(30(25)36)31(37)35-23-8-5-21(6-9-23)32(38)39/h1-4,7,10-15,21,23-24H,5-6,8-9,16-18H2,(H,35,37)(H,38,39).